The van der Waals surface area contributed by atoms with Gasteiger partial charge in [-0.05, 0) is 0 Å². The van der Waals surface area contributed by atoms with E-state index in [0.717, 1.165) is 32.7 Å². The quantitative estimate of drug-likeness (QED) is 0.380. The van der Waals surface area contributed by atoms with Gasteiger partial charge < -0.3 is 14.6 Å². The van der Waals surface area contributed by atoms with Crippen LogP contribution >= 0.6 is 0 Å². The molecule has 0 radical (unpaired) electrons. The predicted molar refractivity (Wildman–Crippen MR) is 53.7 cm³/mol. The van der Waals surface area contributed by atoms with Crippen molar-refractivity contribution in [3.8, 4) is 0 Å². The molecule has 0 unspecified atom stereocenters. The fourth-order valence-corrected chi connectivity index (χ4v) is 2.22. The Morgan fingerprint density at radius 1 is 1.31 bits per heavy atom. The molecule has 1 fully saturated rings. The number of nitrogens with zero attached hydrogens (tertiary/aromatic N) is 1. The number of hydrogen-bond acceptors (Lipinski definition) is 5. The molecule has 90 valence electrons. The van der Waals surface area contributed by atoms with Crippen LogP contribution in [0.5, 0.6) is 0 Å². The Balaban J connectivity index is 0.00000225. The van der Waals surface area contributed by atoms with Gasteiger partial charge in [-0.3, -0.25) is 4.90 Å². The summed E-state index contributed by atoms with van der Waals surface area (Å²) in [4.78, 5) is 3.31. The van der Waals surface area contributed by atoms with Crippen molar-refractivity contribution in [3.63, 3.8) is 0 Å². The molecule has 0 aromatic rings. The van der Waals surface area contributed by atoms with E-state index >= 15 is 0 Å². The number of aliphatic hydroxyl groups is 1. The van der Waals surface area contributed by atoms with Crippen molar-refractivity contribution in [1.29, 1.82) is 0 Å². The molecule has 6 nitrogen and oxygen atoms in total. The number of nitrogens with one attached hydrogen (secondary N) is 1. The van der Waals surface area contributed by atoms with Crippen LogP contribution < -0.4 is 34.5 Å². The van der Waals surface area contributed by atoms with Gasteiger partial charge in [0.05, 0.1) is 35.6 Å². The normalized spacial score (nSPS) is 19.4. The zero-order valence-corrected chi connectivity index (χ0v) is 12.5. The molecular weight excluding hydrogens is 243 g/mol. The van der Waals surface area contributed by atoms with E-state index in [1.807, 2.05) is 4.90 Å². The molecule has 1 aliphatic rings. The van der Waals surface area contributed by atoms with Crippen LogP contribution in [0.4, 0.5) is 0 Å². The second-order valence-electron chi connectivity index (χ2n) is 3.83. The Labute approximate surface area is 119 Å². The van der Waals surface area contributed by atoms with Crippen LogP contribution in [0.3, 0.4) is 0 Å². The molecular formula is C8H18N2NaO4S+. The molecule has 0 bridgehead atoms. The first-order chi connectivity index (χ1) is 7.01. The first-order valence-electron chi connectivity index (χ1n) is 5.11. The molecule has 0 saturated carbocycles. The standard InChI is InChI=1S/C8H18N2O4S.Na/c11-7-5-9-1-3-10(4-2-9)6-8-15(12,13)14;/h11H,1-8H2,(H,12,13,14);/q;+1. The average molecular weight is 261 g/mol. The second-order valence-corrected chi connectivity index (χ2v) is 5.35. The minimum Gasteiger partial charge on any atom is -0.748 e. The summed E-state index contributed by atoms with van der Waals surface area (Å²) < 4.78 is 31.3. The summed E-state index contributed by atoms with van der Waals surface area (Å²) in [5.41, 5.74) is 0. The van der Waals surface area contributed by atoms with Gasteiger partial charge in [0.2, 0.25) is 0 Å². The largest absolute Gasteiger partial charge is 1.00 e. The molecule has 0 atom stereocenters. The molecule has 0 spiro atoms. The van der Waals surface area contributed by atoms with Crippen molar-refractivity contribution in [2.75, 3.05) is 51.6 Å². The number of quaternary nitrogens is 1. The summed E-state index contributed by atoms with van der Waals surface area (Å²) >= 11 is 0. The maximum atomic E-state index is 10.4. The fraction of sp³-hybridized carbons (Fsp3) is 1.00. The summed E-state index contributed by atoms with van der Waals surface area (Å²) in [6.07, 6.45) is 0. The van der Waals surface area contributed by atoms with Gasteiger partial charge in [0.15, 0.2) is 0 Å². The Morgan fingerprint density at radius 2 is 1.88 bits per heavy atom. The molecule has 1 aliphatic heterocycles. The molecule has 2 N–H and O–H groups in total. The van der Waals surface area contributed by atoms with Crippen molar-refractivity contribution in [1.82, 2.24) is 4.90 Å². The Kier molecular flexibility index (Phi) is 8.39. The molecule has 8 heteroatoms. The minimum atomic E-state index is -4.09. The van der Waals surface area contributed by atoms with Gasteiger partial charge in [0, 0.05) is 19.6 Å². The van der Waals surface area contributed by atoms with E-state index in [0.29, 0.717) is 6.54 Å². The number of hydrogen-bond donors (Lipinski definition) is 2. The molecule has 16 heavy (non-hydrogen) atoms. The van der Waals surface area contributed by atoms with Crippen molar-refractivity contribution in [2.24, 2.45) is 0 Å². The molecule has 1 saturated heterocycles. The summed E-state index contributed by atoms with van der Waals surface area (Å²) in [5, 5.41) is 8.74. The van der Waals surface area contributed by atoms with E-state index in [2.05, 4.69) is 0 Å². The van der Waals surface area contributed by atoms with Crippen LogP contribution in [0, 0.1) is 0 Å². The van der Waals surface area contributed by atoms with E-state index < -0.39 is 10.1 Å². The molecule has 1 heterocycles. The molecule has 0 aliphatic carbocycles. The first-order valence-corrected chi connectivity index (χ1v) is 6.69. The summed E-state index contributed by atoms with van der Waals surface area (Å²) in [7, 11) is -4.09. The van der Waals surface area contributed by atoms with Crippen molar-refractivity contribution < 1.29 is 52.5 Å². The monoisotopic (exact) mass is 261 g/mol. The van der Waals surface area contributed by atoms with E-state index in [1.54, 1.807) is 0 Å². The smallest absolute Gasteiger partial charge is 0.748 e. The Bertz CT molecular complexity index is 278. The van der Waals surface area contributed by atoms with Crippen LogP contribution in [-0.2, 0) is 10.1 Å². The first kappa shape index (κ1) is 16.8. The second kappa shape index (κ2) is 7.99. The van der Waals surface area contributed by atoms with Crippen molar-refractivity contribution in [3.05, 3.63) is 0 Å². The van der Waals surface area contributed by atoms with Crippen molar-refractivity contribution >= 4 is 10.1 Å². The Morgan fingerprint density at radius 3 is 2.31 bits per heavy atom. The Hall–Kier alpha value is 0.790. The van der Waals surface area contributed by atoms with E-state index in [-0.39, 0.29) is 41.9 Å². The number of piperazine rings is 1. The van der Waals surface area contributed by atoms with Gasteiger partial charge in [0.1, 0.15) is 6.54 Å². The fourth-order valence-electron chi connectivity index (χ4n) is 1.74. The molecule has 0 amide bonds. The van der Waals surface area contributed by atoms with E-state index in [1.165, 1.54) is 4.90 Å². The zero-order chi connectivity index (χ0) is 11.3. The third-order valence-electron chi connectivity index (χ3n) is 2.69. The van der Waals surface area contributed by atoms with Gasteiger partial charge in [-0.1, -0.05) is 0 Å². The summed E-state index contributed by atoms with van der Waals surface area (Å²) in [5.74, 6) is -0.303. The van der Waals surface area contributed by atoms with Crippen LogP contribution in [0.2, 0.25) is 0 Å². The third kappa shape index (κ3) is 7.18. The summed E-state index contributed by atoms with van der Waals surface area (Å²) in [6, 6.07) is 0. The predicted octanol–water partition coefficient (Wildman–Crippen LogP) is -6.27. The summed E-state index contributed by atoms with van der Waals surface area (Å²) in [6.45, 7) is 4.66. The van der Waals surface area contributed by atoms with Crippen LogP contribution in [0.25, 0.3) is 0 Å². The van der Waals surface area contributed by atoms with Gasteiger partial charge >= 0.3 is 29.6 Å². The molecule has 0 aromatic heterocycles. The zero-order valence-electron chi connectivity index (χ0n) is 9.68. The van der Waals surface area contributed by atoms with Gasteiger partial charge in [-0.25, -0.2) is 8.42 Å². The maximum Gasteiger partial charge on any atom is 1.00 e. The molecule has 0 aromatic carbocycles. The topological polar surface area (TPSA) is 85.1 Å². The van der Waals surface area contributed by atoms with Crippen LogP contribution in [0.15, 0.2) is 0 Å². The van der Waals surface area contributed by atoms with Gasteiger partial charge in [0.25, 0.3) is 0 Å². The van der Waals surface area contributed by atoms with Crippen LogP contribution in [0.1, 0.15) is 0 Å². The van der Waals surface area contributed by atoms with Crippen molar-refractivity contribution in [2.45, 2.75) is 0 Å². The van der Waals surface area contributed by atoms with E-state index in [9.17, 15) is 13.0 Å². The average Bonchev–Trinajstić information content (AvgIpc) is 2.16. The van der Waals surface area contributed by atoms with Gasteiger partial charge in [-0.2, -0.15) is 0 Å². The minimum absolute atomic E-state index is 0. The number of rotatable bonds is 5. The SMILES string of the molecule is O=S(=O)([O-])CCN1CC[NH+](CCO)CC1.[Na+]. The number of aliphatic hydroxyl groups excluding tert-OH is 1. The maximum absolute atomic E-state index is 10.4. The van der Waals surface area contributed by atoms with Crippen LogP contribution in [-0.4, -0.2) is 74.6 Å². The van der Waals surface area contributed by atoms with Gasteiger partial charge in [-0.15, -0.1) is 0 Å². The van der Waals surface area contributed by atoms with E-state index in [4.69, 9.17) is 5.11 Å². The third-order valence-corrected chi connectivity index (χ3v) is 3.37. The molecule has 1 rings (SSSR count).